The van der Waals surface area contributed by atoms with E-state index in [-0.39, 0.29) is 0 Å². The first-order valence-corrected chi connectivity index (χ1v) is 7.99. The summed E-state index contributed by atoms with van der Waals surface area (Å²) in [5.74, 6) is -0.130. The highest BCUT2D eigenvalue weighted by atomic mass is 16.4. The van der Waals surface area contributed by atoms with Gasteiger partial charge in [-0.15, -0.1) is 0 Å². The molecule has 0 radical (unpaired) electrons. The van der Waals surface area contributed by atoms with Crippen LogP contribution in [0.25, 0.3) is 0 Å². The fourth-order valence-electron chi connectivity index (χ4n) is 3.65. The summed E-state index contributed by atoms with van der Waals surface area (Å²) in [6, 6.07) is 8.15. The maximum atomic E-state index is 10.9. The third-order valence-electron chi connectivity index (χ3n) is 4.87. The van der Waals surface area contributed by atoms with Crippen molar-refractivity contribution in [3.8, 4) is 0 Å². The Kier molecular flexibility index (Phi) is 4.56. The largest absolute Gasteiger partial charge is 0.478 e. The average molecular weight is 288 g/mol. The Hall–Kier alpha value is -1.39. The van der Waals surface area contributed by atoms with Crippen LogP contribution >= 0.6 is 0 Å². The van der Waals surface area contributed by atoms with Gasteiger partial charge in [0.05, 0.1) is 5.56 Å². The number of hydrogen-bond acceptors (Lipinski definition) is 3. The third-order valence-corrected chi connectivity index (χ3v) is 4.87. The van der Waals surface area contributed by atoms with Gasteiger partial charge in [0.2, 0.25) is 0 Å². The number of piperidine rings is 1. The van der Waals surface area contributed by atoms with Crippen molar-refractivity contribution < 1.29 is 9.90 Å². The number of nitrogens with zero attached hydrogens (tertiary/aromatic N) is 1. The summed E-state index contributed by atoms with van der Waals surface area (Å²) in [6.07, 6.45) is 4.89. The van der Waals surface area contributed by atoms with E-state index in [4.69, 9.17) is 5.11 Å². The number of hydrogen-bond donors (Lipinski definition) is 2. The number of carboxylic acid groups (broad SMARTS) is 1. The molecule has 0 saturated carbocycles. The Morgan fingerprint density at radius 3 is 2.57 bits per heavy atom. The minimum atomic E-state index is -0.848. The molecule has 2 heterocycles. The van der Waals surface area contributed by atoms with Crippen LogP contribution in [0, 0.1) is 5.92 Å². The lowest BCUT2D eigenvalue weighted by Crippen LogP contribution is -2.42. The van der Waals surface area contributed by atoms with E-state index in [1.54, 1.807) is 12.1 Å². The van der Waals surface area contributed by atoms with Gasteiger partial charge < -0.3 is 10.4 Å². The van der Waals surface area contributed by atoms with Gasteiger partial charge in [-0.05, 0) is 68.9 Å². The molecule has 0 aliphatic carbocycles. The molecule has 0 unspecified atom stereocenters. The first-order chi connectivity index (χ1) is 10.2. The summed E-state index contributed by atoms with van der Waals surface area (Å²) in [4.78, 5) is 13.5. The van der Waals surface area contributed by atoms with Crippen LogP contribution in [-0.2, 0) is 6.42 Å². The Labute approximate surface area is 126 Å². The summed E-state index contributed by atoms with van der Waals surface area (Å²) >= 11 is 0. The van der Waals surface area contributed by atoms with E-state index in [2.05, 4.69) is 10.2 Å². The van der Waals surface area contributed by atoms with Crippen LogP contribution in [0.3, 0.4) is 0 Å². The minimum Gasteiger partial charge on any atom is -0.478 e. The minimum absolute atomic E-state index is 0.376. The molecule has 2 saturated heterocycles. The number of likely N-dealkylation sites (tertiary alicyclic amines) is 1. The van der Waals surface area contributed by atoms with E-state index >= 15 is 0 Å². The van der Waals surface area contributed by atoms with E-state index in [9.17, 15) is 4.79 Å². The molecule has 0 aromatic heterocycles. The number of aromatic carboxylic acids is 1. The molecule has 2 N–H and O–H groups in total. The molecule has 3 rings (SSSR count). The monoisotopic (exact) mass is 288 g/mol. The van der Waals surface area contributed by atoms with Crippen molar-refractivity contribution in [2.45, 2.75) is 31.7 Å². The van der Waals surface area contributed by atoms with Crippen LogP contribution in [0.4, 0.5) is 0 Å². The molecule has 1 atom stereocenters. The van der Waals surface area contributed by atoms with Gasteiger partial charge in [-0.25, -0.2) is 4.79 Å². The maximum Gasteiger partial charge on any atom is 0.335 e. The van der Waals surface area contributed by atoms with Crippen molar-refractivity contribution in [3.63, 3.8) is 0 Å². The second kappa shape index (κ2) is 6.58. The maximum absolute atomic E-state index is 10.9. The molecule has 1 aromatic rings. The van der Waals surface area contributed by atoms with Crippen molar-refractivity contribution in [2.75, 3.05) is 26.2 Å². The molecule has 114 valence electrons. The van der Waals surface area contributed by atoms with Gasteiger partial charge in [-0.2, -0.15) is 0 Å². The Morgan fingerprint density at radius 1 is 1.19 bits per heavy atom. The van der Waals surface area contributed by atoms with Gasteiger partial charge in [0, 0.05) is 12.6 Å². The average Bonchev–Trinajstić information content (AvgIpc) is 2.97. The van der Waals surface area contributed by atoms with Crippen LogP contribution in [-0.4, -0.2) is 48.2 Å². The number of benzene rings is 1. The summed E-state index contributed by atoms with van der Waals surface area (Å²) in [5, 5.41) is 12.4. The van der Waals surface area contributed by atoms with Crippen molar-refractivity contribution >= 4 is 5.97 Å². The fourth-order valence-corrected chi connectivity index (χ4v) is 3.65. The van der Waals surface area contributed by atoms with Crippen molar-refractivity contribution in [2.24, 2.45) is 5.92 Å². The molecule has 0 spiro atoms. The smallest absolute Gasteiger partial charge is 0.335 e. The third kappa shape index (κ3) is 3.63. The predicted octanol–water partition coefficient (Wildman–Crippen LogP) is 2.00. The number of carbonyl (C=O) groups is 1. The zero-order valence-electron chi connectivity index (χ0n) is 12.4. The molecule has 0 amide bonds. The lowest BCUT2D eigenvalue weighted by atomic mass is 9.97. The van der Waals surface area contributed by atoms with Crippen LogP contribution in [0.15, 0.2) is 24.3 Å². The molecular formula is C17H24N2O2. The Balaban J connectivity index is 1.53. The molecule has 1 aromatic carbocycles. The summed E-state index contributed by atoms with van der Waals surface area (Å²) < 4.78 is 0. The lowest BCUT2D eigenvalue weighted by molar-refractivity contribution is 0.0697. The first-order valence-electron chi connectivity index (χ1n) is 7.99. The van der Waals surface area contributed by atoms with Gasteiger partial charge in [0.1, 0.15) is 0 Å². The van der Waals surface area contributed by atoms with Crippen LogP contribution < -0.4 is 5.32 Å². The normalized spacial score (nSPS) is 24.3. The SMILES string of the molecule is O=C(O)c1ccc(C[C@@H]2CCN(C3CCNCC3)C2)cc1. The molecule has 21 heavy (non-hydrogen) atoms. The molecule has 4 nitrogen and oxygen atoms in total. The second-order valence-corrected chi connectivity index (χ2v) is 6.34. The molecule has 0 bridgehead atoms. The van der Waals surface area contributed by atoms with Crippen LogP contribution in [0.5, 0.6) is 0 Å². The van der Waals surface area contributed by atoms with Gasteiger partial charge >= 0.3 is 5.97 Å². The van der Waals surface area contributed by atoms with E-state index in [1.165, 1.54) is 37.9 Å². The van der Waals surface area contributed by atoms with E-state index in [0.29, 0.717) is 5.56 Å². The van der Waals surface area contributed by atoms with Crippen molar-refractivity contribution in [3.05, 3.63) is 35.4 Å². The topological polar surface area (TPSA) is 52.6 Å². The summed E-state index contributed by atoms with van der Waals surface area (Å²) in [5.41, 5.74) is 1.64. The Morgan fingerprint density at radius 2 is 1.90 bits per heavy atom. The van der Waals surface area contributed by atoms with E-state index in [1.807, 2.05) is 12.1 Å². The zero-order valence-corrected chi connectivity index (χ0v) is 12.4. The highest BCUT2D eigenvalue weighted by Crippen LogP contribution is 2.25. The molecule has 4 heteroatoms. The predicted molar refractivity (Wildman–Crippen MR) is 82.7 cm³/mol. The summed E-state index contributed by atoms with van der Waals surface area (Å²) in [6.45, 7) is 4.73. The standard InChI is InChI=1S/C17H24N2O2/c20-17(21)15-3-1-13(2-4-15)11-14-7-10-19(12-14)16-5-8-18-9-6-16/h1-4,14,16,18H,5-12H2,(H,20,21)/t14-/m0/s1. The quantitative estimate of drug-likeness (QED) is 0.890. The number of carboxylic acids is 1. The summed E-state index contributed by atoms with van der Waals surface area (Å²) in [7, 11) is 0. The fraction of sp³-hybridized carbons (Fsp3) is 0.588. The highest BCUT2D eigenvalue weighted by Gasteiger charge is 2.28. The lowest BCUT2D eigenvalue weighted by Gasteiger charge is -2.31. The van der Waals surface area contributed by atoms with Gasteiger partial charge in [-0.3, -0.25) is 4.90 Å². The van der Waals surface area contributed by atoms with Gasteiger partial charge in [0.25, 0.3) is 0 Å². The molecular weight excluding hydrogens is 264 g/mol. The first kappa shape index (κ1) is 14.5. The van der Waals surface area contributed by atoms with Gasteiger partial charge in [0.15, 0.2) is 0 Å². The molecule has 2 aliphatic rings. The second-order valence-electron chi connectivity index (χ2n) is 6.34. The Bertz CT molecular complexity index is 480. The highest BCUT2D eigenvalue weighted by molar-refractivity contribution is 5.87. The van der Waals surface area contributed by atoms with Gasteiger partial charge in [-0.1, -0.05) is 12.1 Å². The zero-order chi connectivity index (χ0) is 14.7. The number of nitrogens with one attached hydrogen (secondary N) is 1. The number of rotatable bonds is 4. The van der Waals surface area contributed by atoms with Crippen molar-refractivity contribution in [1.82, 2.24) is 10.2 Å². The van der Waals surface area contributed by atoms with Crippen LogP contribution in [0.1, 0.15) is 35.2 Å². The molecule has 2 fully saturated rings. The van der Waals surface area contributed by atoms with Crippen LogP contribution in [0.2, 0.25) is 0 Å². The van der Waals surface area contributed by atoms with E-state index in [0.717, 1.165) is 31.5 Å². The molecule has 2 aliphatic heterocycles. The van der Waals surface area contributed by atoms with Crippen molar-refractivity contribution in [1.29, 1.82) is 0 Å². The van der Waals surface area contributed by atoms with E-state index < -0.39 is 5.97 Å².